The fourth-order valence-electron chi connectivity index (χ4n) is 0.612. The van der Waals surface area contributed by atoms with Crippen molar-refractivity contribution in [1.82, 2.24) is 0 Å². The zero-order chi connectivity index (χ0) is 10.5. The van der Waals surface area contributed by atoms with Crippen molar-refractivity contribution in [3.8, 4) is 0 Å². The summed E-state index contributed by atoms with van der Waals surface area (Å²) in [6.45, 7) is 3.78. The van der Waals surface area contributed by atoms with Gasteiger partial charge in [0.25, 0.3) is 0 Å². The van der Waals surface area contributed by atoms with Gasteiger partial charge in [-0.15, -0.1) is 0 Å². The Morgan fingerprint density at radius 2 is 1.85 bits per heavy atom. The molecule has 6 heteroatoms. The lowest BCUT2D eigenvalue weighted by Gasteiger charge is -2.14. The minimum Gasteiger partial charge on any atom is -0.390 e. The Balaban J connectivity index is 3.93. The fraction of sp³-hybridized carbons (Fsp3) is 0.714. The fourth-order valence-corrected chi connectivity index (χ4v) is 0.612. The molecule has 0 aromatic rings. The average molecular weight is 187 g/mol. The Hall–Kier alpha value is -1.30. The van der Waals surface area contributed by atoms with E-state index in [2.05, 4.69) is 9.98 Å². The lowest BCUT2D eigenvalue weighted by Crippen LogP contribution is -2.27. The number of nitrogens with two attached hydrogens (primary N) is 3. The van der Waals surface area contributed by atoms with Gasteiger partial charge in [-0.05, 0) is 20.3 Å². The summed E-state index contributed by atoms with van der Waals surface area (Å²) in [6, 6.07) is 0. The molecule has 0 aliphatic carbocycles. The Bertz CT molecular complexity index is 211. The van der Waals surface area contributed by atoms with Crippen LogP contribution in [0.4, 0.5) is 0 Å². The summed E-state index contributed by atoms with van der Waals surface area (Å²) in [5, 5.41) is 9.32. The second-order valence-electron chi connectivity index (χ2n) is 3.34. The SMILES string of the molecule is CC(C)(O)CCN=C(N)N=C(N)N. The third-order valence-corrected chi connectivity index (χ3v) is 1.24. The monoisotopic (exact) mass is 187 g/mol. The number of rotatable bonds is 3. The van der Waals surface area contributed by atoms with Gasteiger partial charge in [0.2, 0.25) is 5.96 Å². The standard InChI is InChI=1S/C7H17N5O/c1-7(2,13)3-4-11-6(10)12-5(8)9/h13H,3-4H2,1-2H3,(H6,8,9,10,11,12). The van der Waals surface area contributed by atoms with Gasteiger partial charge < -0.3 is 22.3 Å². The highest BCUT2D eigenvalue weighted by Gasteiger charge is 2.10. The van der Waals surface area contributed by atoms with E-state index in [0.29, 0.717) is 13.0 Å². The molecule has 0 aliphatic heterocycles. The summed E-state index contributed by atoms with van der Waals surface area (Å²) in [4.78, 5) is 7.35. The third kappa shape index (κ3) is 8.61. The first-order chi connectivity index (χ1) is 5.81. The topological polar surface area (TPSA) is 123 Å². The van der Waals surface area contributed by atoms with E-state index >= 15 is 0 Å². The molecule has 0 radical (unpaired) electrons. The summed E-state index contributed by atoms with van der Waals surface area (Å²) >= 11 is 0. The third-order valence-electron chi connectivity index (χ3n) is 1.24. The Morgan fingerprint density at radius 3 is 2.23 bits per heavy atom. The van der Waals surface area contributed by atoms with Crippen molar-refractivity contribution in [3.63, 3.8) is 0 Å². The van der Waals surface area contributed by atoms with Crippen molar-refractivity contribution in [2.24, 2.45) is 27.2 Å². The van der Waals surface area contributed by atoms with Gasteiger partial charge in [0, 0.05) is 6.54 Å². The van der Waals surface area contributed by atoms with Crippen LogP contribution in [-0.4, -0.2) is 29.2 Å². The van der Waals surface area contributed by atoms with Gasteiger partial charge in [-0.3, -0.25) is 4.99 Å². The van der Waals surface area contributed by atoms with Crippen LogP contribution in [0.15, 0.2) is 9.98 Å². The zero-order valence-electron chi connectivity index (χ0n) is 7.99. The predicted octanol–water partition coefficient (Wildman–Crippen LogP) is -1.26. The van der Waals surface area contributed by atoms with Crippen molar-refractivity contribution in [3.05, 3.63) is 0 Å². The van der Waals surface area contributed by atoms with Crippen LogP contribution >= 0.6 is 0 Å². The highest BCUT2D eigenvalue weighted by Crippen LogP contribution is 2.06. The number of nitrogens with zero attached hydrogens (tertiary/aromatic N) is 2. The maximum Gasteiger partial charge on any atom is 0.218 e. The van der Waals surface area contributed by atoms with Gasteiger partial charge in [-0.2, -0.15) is 4.99 Å². The smallest absolute Gasteiger partial charge is 0.218 e. The first kappa shape index (κ1) is 11.7. The van der Waals surface area contributed by atoms with Crippen LogP contribution in [0.3, 0.4) is 0 Å². The lowest BCUT2D eigenvalue weighted by atomic mass is 10.1. The van der Waals surface area contributed by atoms with Crippen molar-refractivity contribution in [1.29, 1.82) is 0 Å². The van der Waals surface area contributed by atoms with Crippen LogP contribution in [0.2, 0.25) is 0 Å². The molecule has 0 saturated heterocycles. The first-order valence-electron chi connectivity index (χ1n) is 3.93. The maximum absolute atomic E-state index is 9.32. The van der Waals surface area contributed by atoms with Crippen LogP contribution in [-0.2, 0) is 0 Å². The normalized spacial score (nSPS) is 12.7. The van der Waals surface area contributed by atoms with E-state index < -0.39 is 5.60 Å². The number of guanidine groups is 2. The molecule has 0 saturated carbocycles. The molecule has 0 aromatic heterocycles. The highest BCUT2D eigenvalue weighted by atomic mass is 16.3. The molecular formula is C7H17N5O. The van der Waals surface area contributed by atoms with Crippen molar-refractivity contribution in [2.75, 3.05) is 6.54 Å². The first-order valence-corrected chi connectivity index (χ1v) is 3.93. The van der Waals surface area contributed by atoms with E-state index in [9.17, 15) is 5.11 Å². The molecule has 0 atom stereocenters. The second-order valence-corrected chi connectivity index (χ2v) is 3.34. The second kappa shape index (κ2) is 4.66. The Labute approximate surface area is 77.5 Å². The van der Waals surface area contributed by atoms with E-state index in [4.69, 9.17) is 17.2 Å². The molecule has 76 valence electrons. The largest absolute Gasteiger partial charge is 0.390 e. The number of hydrogen-bond donors (Lipinski definition) is 4. The van der Waals surface area contributed by atoms with Gasteiger partial charge in [0.1, 0.15) is 0 Å². The summed E-state index contributed by atoms with van der Waals surface area (Å²) in [5.74, 6) is -0.0891. The summed E-state index contributed by atoms with van der Waals surface area (Å²) < 4.78 is 0. The molecule has 0 aliphatic rings. The minimum absolute atomic E-state index is 0.0317. The molecule has 0 aromatic carbocycles. The summed E-state index contributed by atoms with van der Waals surface area (Å²) in [5.41, 5.74) is 14.7. The molecule has 0 rings (SSSR count). The van der Waals surface area contributed by atoms with E-state index in [1.54, 1.807) is 13.8 Å². The molecule has 6 nitrogen and oxygen atoms in total. The predicted molar refractivity (Wildman–Crippen MR) is 53.2 cm³/mol. The quantitative estimate of drug-likeness (QED) is 0.325. The van der Waals surface area contributed by atoms with Crippen LogP contribution in [0.1, 0.15) is 20.3 Å². The van der Waals surface area contributed by atoms with Gasteiger partial charge in [-0.1, -0.05) is 0 Å². The van der Waals surface area contributed by atoms with Gasteiger partial charge in [0.15, 0.2) is 5.96 Å². The molecule has 0 amide bonds. The maximum atomic E-state index is 9.32. The van der Waals surface area contributed by atoms with Gasteiger partial charge in [-0.25, -0.2) is 0 Å². The molecule has 0 unspecified atom stereocenters. The molecule has 7 N–H and O–H groups in total. The molecular weight excluding hydrogens is 170 g/mol. The zero-order valence-corrected chi connectivity index (χ0v) is 7.99. The molecule has 0 spiro atoms. The molecule has 0 heterocycles. The van der Waals surface area contributed by atoms with Crippen LogP contribution in [0, 0.1) is 0 Å². The summed E-state index contributed by atoms with van der Waals surface area (Å²) in [6.07, 6.45) is 0.508. The average Bonchev–Trinajstić information content (AvgIpc) is 1.81. The Morgan fingerprint density at radius 1 is 1.31 bits per heavy atom. The number of aliphatic hydroxyl groups is 1. The van der Waals surface area contributed by atoms with Crippen molar-refractivity contribution < 1.29 is 5.11 Å². The Kier molecular flexibility index (Phi) is 4.19. The molecule has 0 bridgehead atoms. The number of aliphatic imine (C=N–C) groups is 2. The lowest BCUT2D eigenvalue weighted by molar-refractivity contribution is 0.0739. The van der Waals surface area contributed by atoms with Gasteiger partial charge >= 0.3 is 0 Å². The molecule has 0 fully saturated rings. The van der Waals surface area contributed by atoms with Crippen LogP contribution < -0.4 is 17.2 Å². The molecule has 13 heavy (non-hydrogen) atoms. The number of hydrogen-bond acceptors (Lipinski definition) is 2. The highest BCUT2D eigenvalue weighted by molar-refractivity contribution is 5.92. The van der Waals surface area contributed by atoms with Crippen molar-refractivity contribution in [2.45, 2.75) is 25.9 Å². The van der Waals surface area contributed by atoms with E-state index in [1.165, 1.54) is 0 Å². The van der Waals surface area contributed by atoms with Crippen LogP contribution in [0.25, 0.3) is 0 Å². The van der Waals surface area contributed by atoms with E-state index in [0.717, 1.165) is 0 Å². The van der Waals surface area contributed by atoms with Crippen LogP contribution in [0.5, 0.6) is 0 Å². The van der Waals surface area contributed by atoms with Crippen molar-refractivity contribution >= 4 is 11.9 Å². The summed E-state index contributed by atoms with van der Waals surface area (Å²) in [7, 11) is 0. The van der Waals surface area contributed by atoms with Gasteiger partial charge in [0.05, 0.1) is 5.60 Å². The van der Waals surface area contributed by atoms with E-state index in [1.807, 2.05) is 0 Å². The van der Waals surface area contributed by atoms with E-state index in [-0.39, 0.29) is 11.9 Å². The minimum atomic E-state index is -0.748.